The lowest BCUT2D eigenvalue weighted by Gasteiger charge is -2.41. The molecular formula is C19H26FN7O3S. The van der Waals surface area contributed by atoms with Gasteiger partial charge in [0.15, 0.2) is 5.11 Å². The van der Waals surface area contributed by atoms with Crippen molar-refractivity contribution in [1.82, 2.24) is 26.0 Å². The monoisotopic (exact) mass is 451 g/mol. The Morgan fingerprint density at radius 3 is 2.77 bits per heavy atom. The first-order chi connectivity index (χ1) is 14.7. The number of hydrogen-bond donors (Lipinski definition) is 4. The van der Waals surface area contributed by atoms with Gasteiger partial charge in [-0.15, -0.1) is 0 Å². The van der Waals surface area contributed by atoms with Gasteiger partial charge in [-0.05, 0) is 37.6 Å². The number of nitrogens with one attached hydrogen (secondary N) is 3. The van der Waals surface area contributed by atoms with E-state index >= 15 is 0 Å². The molecule has 31 heavy (non-hydrogen) atoms. The summed E-state index contributed by atoms with van der Waals surface area (Å²) in [6.07, 6.45) is 3.48. The molecular weight excluding hydrogens is 425 g/mol. The Kier molecular flexibility index (Phi) is 7.09. The Bertz CT molecular complexity index is 848. The van der Waals surface area contributed by atoms with Gasteiger partial charge in [0.2, 0.25) is 5.91 Å². The van der Waals surface area contributed by atoms with Gasteiger partial charge in [0.1, 0.15) is 17.5 Å². The summed E-state index contributed by atoms with van der Waals surface area (Å²) in [7, 11) is 0. The van der Waals surface area contributed by atoms with Crippen LogP contribution in [-0.2, 0) is 9.53 Å². The molecule has 0 aromatic heterocycles. The molecule has 0 aromatic carbocycles. The van der Waals surface area contributed by atoms with Gasteiger partial charge >= 0.3 is 6.09 Å². The number of carbonyl (C=O) groups is 2. The molecule has 10 nitrogen and oxygen atoms in total. The molecule has 2 aliphatic heterocycles. The third kappa shape index (κ3) is 5.49. The molecule has 168 valence electrons. The fourth-order valence-corrected chi connectivity index (χ4v) is 3.96. The van der Waals surface area contributed by atoms with Gasteiger partial charge in [0.25, 0.3) is 0 Å². The fraction of sp³-hybridized carbons (Fsp3) is 0.579. The molecule has 0 aromatic rings. The number of nitriles is 1. The molecule has 0 radical (unpaired) electrons. The van der Waals surface area contributed by atoms with Crippen LogP contribution in [0, 0.1) is 11.3 Å². The van der Waals surface area contributed by atoms with Crippen LogP contribution in [0.3, 0.4) is 0 Å². The maximum absolute atomic E-state index is 15.0. The van der Waals surface area contributed by atoms with Gasteiger partial charge in [-0.1, -0.05) is 6.08 Å². The van der Waals surface area contributed by atoms with Crippen LogP contribution in [0.15, 0.2) is 23.7 Å². The third-order valence-electron chi connectivity index (χ3n) is 5.65. The minimum Gasteiger partial charge on any atom is -0.442 e. The highest BCUT2D eigenvalue weighted by atomic mass is 32.1. The fourth-order valence-electron chi connectivity index (χ4n) is 3.91. The Balaban J connectivity index is 1.56. The van der Waals surface area contributed by atoms with E-state index < -0.39 is 23.8 Å². The van der Waals surface area contributed by atoms with E-state index in [1.165, 1.54) is 17.9 Å². The predicted octanol–water partition coefficient (Wildman–Crippen LogP) is 0.149. The largest absolute Gasteiger partial charge is 0.442 e. The second-order valence-electron chi connectivity index (χ2n) is 7.81. The molecule has 1 aliphatic carbocycles. The number of rotatable bonds is 6. The van der Waals surface area contributed by atoms with E-state index in [4.69, 9.17) is 22.7 Å². The van der Waals surface area contributed by atoms with Crippen LogP contribution in [0.4, 0.5) is 9.18 Å². The lowest BCUT2D eigenvalue weighted by molar-refractivity contribution is -0.119. The summed E-state index contributed by atoms with van der Waals surface area (Å²) in [5, 5.41) is 12.2. The van der Waals surface area contributed by atoms with Gasteiger partial charge in [-0.25, -0.2) is 14.6 Å². The molecule has 5 N–H and O–H groups in total. The van der Waals surface area contributed by atoms with E-state index in [2.05, 4.69) is 22.2 Å². The highest BCUT2D eigenvalue weighted by Crippen LogP contribution is 2.31. The average Bonchev–Trinajstić information content (AvgIpc) is 3.12. The van der Waals surface area contributed by atoms with E-state index in [0.717, 1.165) is 0 Å². The normalized spacial score (nSPS) is 25.7. The molecule has 12 heteroatoms. The van der Waals surface area contributed by atoms with Gasteiger partial charge in [-0.3, -0.25) is 20.0 Å². The Labute approximate surface area is 185 Å². The first-order valence-corrected chi connectivity index (χ1v) is 10.4. The van der Waals surface area contributed by atoms with Crippen LogP contribution in [-0.4, -0.2) is 70.8 Å². The topological polar surface area (TPSA) is 136 Å². The lowest BCUT2D eigenvalue weighted by Crippen LogP contribution is -2.60. The van der Waals surface area contributed by atoms with Crippen LogP contribution in [0.5, 0.6) is 0 Å². The van der Waals surface area contributed by atoms with E-state index in [-0.39, 0.29) is 29.9 Å². The van der Waals surface area contributed by atoms with Crippen molar-refractivity contribution in [2.24, 2.45) is 5.73 Å². The molecule has 1 unspecified atom stereocenters. The van der Waals surface area contributed by atoms with Crippen molar-refractivity contribution < 1.29 is 18.7 Å². The number of carbonyl (C=O) groups excluding carboxylic acids is 2. The zero-order chi connectivity index (χ0) is 22.6. The number of allylic oxidation sites excluding steroid dienone is 1. The zero-order valence-corrected chi connectivity index (χ0v) is 18.0. The quantitative estimate of drug-likeness (QED) is 0.329. The number of cyclic esters (lactones) is 1. The smallest absolute Gasteiger partial charge is 0.414 e. The zero-order valence-electron chi connectivity index (χ0n) is 17.2. The van der Waals surface area contributed by atoms with Gasteiger partial charge in [0, 0.05) is 25.7 Å². The number of nitrogens with two attached hydrogens (primary N) is 1. The minimum atomic E-state index is -0.821. The SMILES string of the molecule is CC(=O)NC[C@H]1CN(C2=CCC(N3CCC(C#N)(NNC(N)=S)CC3)C(F)=C2)C(=O)O1. The van der Waals surface area contributed by atoms with Gasteiger partial charge in [0.05, 0.1) is 25.2 Å². The summed E-state index contributed by atoms with van der Waals surface area (Å²) in [5.41, 5.74) is 10.6. The second kappa shape index (κ2) is 9.59. The molecule has 2 heterocycles. The highest BCUT2D eigenvalue weighted by Gasteiger charge is 2.39. The van der Waals surface area contributed by atoms with E-state index in [1.807, 2.05) is 11.0 Å². The Hall–Kier alpha value is -2.75. The van der Waals surface area contributed by atoms with Crippen molar-refractivity contribution in [2.45, 2.75) is 43.9 Å². The number of amides is 2. The van der Waals surface area contributed by atoms with Crippen LogP contribution in [0.1, 0.15) is 26.2 Å². The van der Waals surface area contributed by atoms with Crippen molar-refractivity contribution in [2.75, 3.05) is 26.2 Å². The number of likely N-dealkylation sites (tertiary alicyclic amines) is 1. The van der Waals surface area contributed by atoms with Crippen molar-refractivity contribution >= 4 is 29.3 Å². The summed E-state index contributed by atoms with van der Waals surface area (Å²) in [5.74, 6) is -0.548. The Morgan fingerprint density at radius 2 is 2.19 bits per heavy atom. The predicted molar refractivity (Wildman–Crippen MR) is 114 cm³/mol. The minimum absolute atomic E-state index is 0.0516. The van der Waals surface area contributed by atoms with Gasteiger partial charge in [-0.2, -0.15) is 5.26 Å². The molecule has 2 amide bonds. The molecule has 2 saturated heterocycles. The average molecular weight is 452 g/mol. The van der Waals surface area contributed by atoms with Crippen molar-refractivity contribution in [1.29, 1.82) is 5.26 Å². The van der Waals surface area contributed by atoms with Crippen molar-refractivity contribution in [3.05, 3.63) is 23.7 Å². The summed E-state index contributed by atoms with van der Waals surface area (Å²) in [6, 6.07) is 1.81. The summed E-state index contributed by atoms with van der Waals surface area (Å²) < 4.78 is 20.2. The summed E-state index contributed by atoms with van der Waals surface area (Å²) in [4.78, 5) is 26.6. The molecule has 3 rings (SSSR count). The first kappa shape index (κ1) is 22.9. The van der Waals surface area contributed by atoms with E-state index in [9.17, 15) is 19.2 Å². The number of ether oxygens (including phenoxy) is 1. The molecule has 0 bridgehead atoms. The summed E-state index contributed by atoms with van der Waals surface area (Å²) in [6.45, 7) is 2.87. The number of hydrazine groups is 1. The lowest BCUT2D eigenvalue weighted by atomic mass is 9.88. The van der Waals surface area contributed by atoms with E-state index in [0.29, 0.717) is 38.0 Å². The number of thiocarbonyl (C=S) groups is 1. The van der Waals surface area contributed by atoms with Crippen molar-refractivity contribution in [3.8, 4) is 6.07 Å². The highest BCUT2D eigenvalue weighted by molar-refractivity contribution is 7.80. The van der Waals surface area contributed by atoms with Gasteiger partial charge < -0.3 is 15.8 Å². The second-order valence-corrected chi connectivity index (χ2v) is 8.25. The Morgan fingerprint density at radius 1 is 1.48 bits per heavy atom. The van der Waals surface area contributed by atoms with Crippen LogP contribution in [0.2, 0.25) is 0 Å². The number of nitrogens with zero attached hydrogens (tertiary/aromatic N) is 3. The maximum atomic E-state index is 15.0. The molecule has 0 spiro atoms. The molecule has 3 aliphatic rings. The molecule has 2 fully saturated rings. The third-order valence-corrected chi connectivity index (χ3v) is 5.75. The van der Waals surface area contributed by atoms with E-state index in [1.54, 1.807) is 0 Å². The number of hydrogen-bond acceptors (Lipinski definition) is 7. The maximum Gasteiger partial charge on any atom is 0.414 e. The molecule has 0 saturated carbocycles. The van der Waals surface area contributed by atoms with Crippen LogP contribution in [0.25, 0.3) is 0 Å². The first-order valence-electron chi connectivity index (χ1n) is 10.0. The molecule has 2 atom stereocenters. The number of halogens is 1. The van der Waals surface area contributed by atoms with Crippen LogP contribution < -0.4 is 21.9 Å². The van der Waals surface area contributed by atoms with Crippen molar-refractivity contribution in [3.63, 3.8) is 0 Å². The van der Waals surface area contributed by atoms with Crippen LogP contribution >= 0.6 is 12.2 Å². The standard InChI is InChI=1S/C19H26FN7O3S/c1-12(28)23-9-14-10-27(18(29)30-14)13-2-3-16(15(20)8-13)26-6-4-19(11-21,5-7-26)25-24-17(22)31/h2,8,14,16,25H,3-7,9-10H2,1H3,(H,23,28)(H3,22,24,31)/t14-,16?/m0/s1. The summed E-state index contributed by atoms with van der Waals surface area (Å²) >= 11 is 4.77. The number of piperidine rings is 1.